The summed E-state index contributed by atoms with van der Waals surface area (Å²) in [6.07, 6.45) is 1.69. The first-order chi connectivity index (χ1) is 11.6. The molecule has 0 unspecified atom stereocenters. The van der Waals surface area contributed by atoms with Crippen molar-refractivity contribution in [1.29, 1.82) is 0 Å². The first-order valence-electron chi connectivity index (χ1n) is 7.15. The van der Waals surface area contributed by atoms with Crippen LogP contribution < -0.4 is 5.32 Å². The molecule has 0 fully saturated rings. The average molecular weight is 339 g/mol. The van der Waals surface area contributed by atoms with E-state index in [4.69, 9.17) is 0 Å². The highest BCUT2D eigenvalue weighted by Gasteiger charge is 2.15. The van der Waals surface area contributed by atoms with E-state index in [1.807, 2.05) is 17.5 Å². The summed E-state index contributed by atoms with van der Waals surface area (Å²) < 4.78 is 0. The predicted molar refractivity (Wildman–Crippen MR) is 93.0 cm³/mol. The Hall–Kier alpha value is -3.06. The lowest BCUT2D eigenvalue weighted by Gasteiger charge is -2.06. The number of rotatable bonds is 5. The summed E-state index contributed by atoms with van der Waals surface area (Å²) in [5.41, 5.74) is 1.95. The van der Waals surface area contributed by atoms with E-state index < -0.39 is 4.92 Å². The van der Waals surface area contributed by atoms with Crippen molar-refractivity contribution in [2.45, 2.75) is 6.42 Å². The molecular formula is C17H13N3O3S. The maximum atomic E-state index is 12.1. The van der Waals surface area contributed by atoms with Crippen LogP contribution in [0.1, 0.15) is 5.56 Å². The van der Waals surface area contributed by atoms with E-state index in [0.717, 1.165) is 10.6 Å². The van der Waals surface area contributed by atoms with Crippen LogP contribution in [0.4, 0.5) is 11.4 Å². The van der Waals surface area contributed by atoms with Crippen molar-refractivity contribution in [1.82, 2.24) is 4.98 Å². The zero-order valence-corrected chi connectivity index (χ0v) is 13.3. The number of anilines is 1. The number of nitrogens with zero attached hydrogens (tertiary/aromatic N) is 2. The monoisotopic (exact) mass is 339 g/mol. The van der Waals surface area contributed by atoms with Gasteiger partial charge >= 0.3 is 0 Å². The summed E-state index contributed by atoms with van der Waals surface area (Å²) in [6.45, 7) is 0. The molecule has 0 saturated carbocycles. The fourth-order valence-corrected chi connectivity index (χ4v) is 2.92. The van der Waals surface area contributed by atoms with Crippen LogP contribution in [0.15, 0.2) is 60.1 Å². The first kappa shape index (κ1) is 15.8. The van der Waals surface area contributed by atoms with Crippen LogP contribution in [0, 0.1) is 10.1 Å². The second-order valence-corrected chi connectivity index (χ2v) is 5.92. The van der Waals surface area contributed by atoms with Crippen molar-refractivity contribution in [2.75, 3.05) is 5.32 Å². The third kappa shape index (κ3) is 3.64. The highest BCUT2D eigenvalue weighted by atomic mass is 32.1. The Morgan fingerprint density at radius 3 is 2.58 bits per heavy atom. The van der Waals surface area contributed by atoms with Crippen molar-refractivity contribution in [3.05, 3.63) is 75.8 Å². The molecule has 120 valence electrons. The molecule has 0 atom stereocenters. The molecule has 1 amide bonds. The number of nitro groups is 1. The molecular weight excluding hydrogens is 326 g/mol. The normalized spacial score (nSPS) is 10.3. The lowest BCUT2D eigenvalue weighted by molar-refractivity contribution is -0.385. The Morgan fingerprint density at radius 2 is 1.92 bits per heavy atom. The van der Waals surface area contributed by atoms with Gasteiger partial charge in [-0.25, -0.2) is 4.98 Å². The number of benzene rings is 2. The van der Waals surface area contributed by atoms with E-state index >= 15 is 0 Å². The molecule has 1 aromatic heterocycles. The molecule has 2 aromatic carbocycles. The Labute approximate surface area is 141 Å². The van der Waals surface area contributed by atoms with E-state index in [1.165, 1.54) is 17.4 Å². The zero-order chi connectivity index (χ0) is 16.9. The quantitative estimate of drug-likeness (QED) is 0.564. The second-order valence-electron chi connectivity index (χ2n) is 5.03. The zero-order valence-electron chi connectivity index (χ0n) is 12.5. The van der Waals surface area contributed by atoms with Crippen LogP contribution >= 0.6 is 11.3 Å². The molecule has 6 nitrogen and oxygen atoms in total. The number of nitro benzene ring substituents is 1. The Bertz CT molecular complexity index is 861. The Morgan fingerprint density at radius 1 is 1.17 bits per heavy atom. The summed E-state index contributed by atoms with van der Waals surface area (Å²) in [7, 11) is 0. The minimum absolute atomic E-state index is 0.0493. The van der Waals surface area contributed by atoms with Crippen molar-refractivity contribution >= 4 is 28.6 Å². The number of carbonyl (C=O) groups excluding carboxylic acids is 1. The van der Waals surface area contributed by atoms with Crippen molar-refractivity contribution in [3.63, 3.8) is 0 Å². The minimum Gasteiger partial charge on any atom is -0.326 e. The first-order valence-corrected chi connectivity index (χ1v) is 8.03. The van der Waals surface area contributed by atoms with Crippen molar-refractivity contribution < 1.29 is 9.72 Å². The van der Waals surface area contributed by atoms with Gasteiger partial charge in [0.1, 0.15) is 5.01 Å². The van der Waals surface area contributed by atoms with Crippen LogP contribution in [0.2, 0.25) is 0 Å². The van der Waals surface area contributed by atoms with Gasteiger partial charge < -0.3 is 5.32 Å². The SMILES string of the molecule is O=C(Cc1ccccc1[N+](=O)[O-])Nc1ccc(-c2nccs2)cc1. The van der Waals surface area contributed by atoms with Crippen LogP contribution in [-0.4, -0.2) is 15.8 Å². The number of nitrogens with one attached hydrogen (secondary N) is 1. The summed E-state index contributed by atoms with van der Waals surface area (Å²) in [4.78, 5) is 26.9. The van der Waals surface area contributed by atoms with Gasteiger partial charge in [0.05, 0.1) is 11.3 Å². The number of amides is 1. The molecule has 0 saturated heterocycles. The number of carbonyl (C=O) groups is 1. The van der Waals surface area contributed by atoms with Gasteiger partial charge in [0, 0.05) is 34.5 Å². The average Bonchev–Trinajstić information content (AvgIpc) is 3.10. The lowest BCUT2D eigenvalue weighted by Crippen LogP contribution is -2.15. The molecule has 3 rings (SSSR count). The molecule has 7 heteroatoms. The number of hydrogen-bond acceptors (Lipinski definition) is 5. The topological polar surface area (TPSA) is 85.1 Å². The van der Waals surface area contributed by atoms with Crippen LogP contribution in [0.25, 0.3) is 10.6 Å². The Kier molecular flexibility index (Phi) is 4.62. The van der Waals surface area contributed by atoms with Gasteiger partial charge in [-0.15, -0.1) is 11.3 Å². The molecule has 0 aliphatic rings. The fraction of sp³-hybridized carbons (Fsp3) is 0.0588. The smallest absolute Gasteiger partial charge is 0.273 e. The Balaban J connectivity index is 1.68. The van der Waals surface area contributed by atoms with E-state index in [2.05, 4.69) is 10.3 Å². The third-order valence-electron chi connectivity index (χ3n) is 3.39. The highest BCUT2D eigenvalue weighted by molar-refractivity contribution is 7.13. The van der Waals surface area contributed by atoms with E-state index in [1.54, 1.807) is 36.5 Å². The molecule has 0 spiro atoms. The van der Waals surface area contributed by atoms with Gasteiger partial charge in [-0.2, -0.15) is 0 Å². The maximum absolute atomic E-state index is 12.1. The summed E-state index contributed by atoms with van der Waals surface area (Å²) in [5.74, 6) is -0.300. The lowest BCUT2D eigenvalue weighted by atomic mass is 10.1. The second kappa shape index (κ2) is 7.01. The largest absolute Gasteiger partial charge is 0.326 e. The van der Waals surface area contributed by atoms with Crippen molar-refractivity contribution in [3.8, 4) is 10.6 Å². The fourth-order valence-electron chi connectivity index (χ4n) is 2.28. The minimum atomic E-state index is -0.481. The van der Waals surface area contributed by atoms with Gasteiger partial charge in [-0.05, 0) is 24.3 Å². The summed E-state index contributed by atoms with van der Waals surface area (Å²) >= 11 is 1.54. The van der Waals surface area contributed by atoms with Crippen molar-refractivity contribution in [2.24, 2.45) is 0 Å². The number of thiazole rings is 1. The number of hydrogen-bond donors (Lipinski definition) is 1. The van der Waals surface area contributed by atoms with Crippen LogP contribution in [0.5, 0.6) is 0 Å². The van der Waals surface area contributed by atoms with Crippen LogP contribution in [-0.2, 0) is 11.2 Å². The maximum Gasteiger partial charge on any atom is 0.273 e. The third-order valence-corrected chi connectivity index (χ3v) is 4.21. The highest BCUT2D eigenvalue weighted by Crippen LogP contribution is 2.23. The summed E-state index contributed by atoms with van der Waals surface area (Å²) in [5, 5.41) is 16.5. The number of para-hydroxylation sites is 1. The van der Waals surface area contributed by atoms with E-state index in [9.17, 15) is 14.9 Å². The summed E-state index contributed by atoms with van der Waals surface area (Å²) in [6, 6.07) is 13.6. The molecule has 3 aromatic rings. The van der Waals surface area contributed by atoms with E-state index in [0.29, 0.717) is 11.3 Å². The molecule has 1 heterocycles. The predicted octanol–water partition coefficient (Wildman–Crippen LogP) is 3.90. The van der Waals surface area contributed by atoms with E-state index in [-0.39, 0.29) is 18.0 Å². The van der Waals surface area contributed by atoms with Gasteiger partial charge in [0.15, 0.2) is 0 Å². The number of aromatic nitrogens is 1. The van der Waals surface area contributed by atoms with Gasteiger partial charge in [-0.1, -0.05) is 18.2 Å². The molecule has 24 heavy (non-hydrogen) atoms. The van der Waals surface area contributed by atoms with Crippen LogP contribution in [0.3, 0.4) is 0 Å². The molecule has 0 aliphatic carbocycles. The molecule has 1 N–H and O–H groups in total. The van der Waals surface area contributed by atoms with Gasteiger partial charge in [0.2, 0.25) is 5.91 Å². The van der Waals surface area contributed by atoms with Gasteiger partial charge in [-0.3, -0.25) is 14.9 Å². The molecule has 0 bridgehead atoms. The molecule has 0 aliphatic heterocycles. The molecule has 0 radical (unpaired) electrons. The van der Waals surface area contributed by atoms with Gasteiger partial charge in [0.25, 0.3) is 5.69 Å². The standard InChI is InChI=1S/C17H13N3O3S/c21-16(11-13-3-1-2-4-15(13)20(22)23)19-14-7-5-12(6-8-14)17-18-9-10-24-17/h1-10H,11H2,(H,19,21).